The van der Waals surface area contributed by atoms with Crippen LogP contribution in [0.1, 0.15) is 72.1 Å². The van der Waals surface area contributed by atoms with Crippen LogP contribution >= 0.6 is 0 Å². The quantitative estimate of drug-likeness (QED) is 0.547. The van der Waals surface area contributed by atoms with E-state index >= 15 is 0 Å². The Kier molecular flexibility index (Phi) is 3.53. The second-order valence-corrected chi connectivity index (χ2v) is 12.4. The van der Waals surface area contributed by atoms with E-state index in [-0.39, 0.29) is 29.0 Å². The molecule has 0 amide bonds. The Morgan fingerprint density at radius 1 is 0.966 bits per heavy atom. The van der Waals surface area contributed by atoms with Crippen molar-refractivity contribution in [1.29, 1.82) is 0 Å². The van der Waals surface area contributed by atoms with Crippen LogP contribution in [0, 0.1) is 45.8 Å². The monoisotopic (exact) mass is 402 g/mol. The molecule has 0 aliphatic heterocycles. The molecule has 0 radical (unpaired) electrons. The molecule has 0 heterocycles. The summed E-state index contributed by atoms with van der Waals surface area (Å²) in [6.45, 7) is 7.09. The maximum absolute atomic E-state index is 12.1. The molecule has 5 fully saturated rings. The van der Waals surface area contributed by atoms with Gasteiger partial charge in [0.1, 0.15) is 0 Å². The molecule has 4 N–H and O–H groups in total. The van der Waals surface area contributed by atoms with Gasteiger partial charge < -0.3 is 20.4 Å². The van der Waals surface area contributed by atoms with Crippen molar-refractivity contribution in [3.63, 3.8) is 0 Å². The van der Waals surface area contributed by atoms with Gasteiger partial charge in [-0.25, -0.2) is 0 Å². The lowest BCUT2D eigenvalue weighted by molar-refractivity contribution is -0.212. The van der Waals surface area contributed by atoms with Gasteiger partial charge in [-0.1, -0.05) is 26.8 Å². The van der Waals surface area contributed by atoms with E-state index in [1.165, 1.54) is 5.57 Å². The van der Waals surface area contributed by atoms with Crippen LogP contribution in [0.25, 0.3) is 0 Å². The van der Waals surface area contributed by atoms with Crippen LogP contribution in [0.15, 0.2) is 11.6 Å². The molecule has 0 saturated heterocycles. The number of fused-ring (bicyclic) bond motifs is 10. The Hall–Kier alpha value is -0.420. The van der Waals surface area contributed by atoms with Crippen LogP contribution in [0.2, 0.25) is 0 Å². The number of aliphatic hydroxyl groups is 4. The summed E-state index contributed by atoms with van der Waals surface area (Å²) < 4.78 is 0. The normalized spacial score (nSPS) is 64.2. The van der Waals surface area contributed by atoms with Gasteiger partial charge in [0.2, 0.25) is 0 Å². The minimum absolute atomic E-state index is 0.0110. The van der Waals surface area contributed by atoms with Gasteiger partial charge in [-0.2, -0.15) is 0 Å². The summed E-state index contributed by atoms with van der Waals surface area (Å²) in [6, 6.07) is 0. The van der Waals surface area contributed by atoms with Crippen LogP contribution in [0.4, 0.5) is 0 Å². The van der Waals surface area contributed by atoms with Crippen LogP contribution in [-0.4, -0.2) is 44.3 Å². The second kappa shape index (κ2) is 5.31. The lowest BCUT2D eigenvalue weighted by Crippen LogP contribution is -2.65. The number of rotatable bonds is 3. The average Bonchev–Trinajstić information content (AvgIpc) is 3.56. The lowest BCUT2D eigenvalue weighted by atomic mass is 9.42. The molecule has 6 aliphatic rings. The molecule has 0 aromatic rings. The Morgan fingerprint density at radius 3 is 2.41 bits per heavy atom. The van der Waals surface area contributed by atoms with Crippen LogP contribution < -0.4 is 0 Å². The third-order valence-electron chi connectivity index (χ3n) is 11.7. The Bertz CT molecular complexity index is 794. The van der Waals surface area contributed by atoms with Gasteiger partial charge in [-0.05, 0) is 74.2 Å². The van der Waals surface area contributed by atoms with Crippen molar-refractivity contribution in [2.24, 2.45) is 45.8 Å². The van der Waals surface area contributed by atoms with Gasteiger partial charge >= 0.3 is 0 Å². The second-order valence-electron chi connectivity index (χ2n) is 12.4. The Labute approximate surface area is 174 Å². The maximum atomic E-state index is 12.1. The highest BCUT2D eigenvalue weighted by Crippen LogP contribution is 2.84. The van der Waals surface area contributed by atoms with Gasteiger partial charge in [0.05, 0.1) is 17.3 Å². The molecule has 0 aromatic heterocycles. The summed E-state index contributed by atoms with van der Waals surface area (Å²) in [5, 5.41) is 43.8. The van der Waals surface area contributed by atoms with E-state index in [1.807, 2.05) is 0 Å². The summed E-state index contributed by atoms with van der Waals surface area (Å²) in [7, 11) is 0. The number of aliphatic hydroxyl groups excluding tert-OH is 2. The number of allylic oxidation sites excluding steroid dienone is 1. The van der Waals surface area contributed by atoms with Gasteiger partial charge in [0.25, 0.3) is 0 Å². The smallest absolute Gasteiger partial charge is 0.0943 e. The molecule has 0 bridgehead atoms. The third kappa shape index (κ3) is 1.90. The summed E-state index contributed by atoms with van der Waals surface area (Å²) in [4.78, 5) is 0. The van der Waals surface area contributed by atoms with Crippen LogP contribution in [0.3, 0.4) is 0 Å². The first-order chi connectivity index (χ1) is 13.6. The largest absolute Gasteiger partial charge is 0.396 e. The van der Waals surface area contributed by atoms with E-state index in [9.17, 15) is 20.4 Å². The molecule has 29 heavy (non-hydrogen) atoms. The van der Waals surface area contributed by atoms with Gasteiger partial charge in [0.15, 0.2) is 0 Å². The van der Waals surface area contributed by atoms with Crippen LogP contribution in [-0.2, 0) is 0 Å². The third-order valence-corrected chi connectivity index (χ3v) is 11.7. The predicted octanol–water partition coefficient (Wildman–Crippen LogP) is 3.03. The topological polar surface area (TPSA) is 80.9 Å². The number of hydrogen-bond donors (Lipinski definition) is 4. The Morgan fingerprint density at radius 2 is 1.69 bits per heavy atom. The molecule has 0 aromatic carbocycles. The van der Waals surface area contributed by atoms with Gasteiger partial charge in [-0.15, -0.1) is 0 Å². The molecule has 11 atom stereocenters. The summed E-state index contributed by atoms with van der Waals surface area (Å²) in [5.74, 6) is 2.44. The molecule has 4 heteroatoms. The van der Waals surface area contributed by atoms with Crippen molar-refractivity contribution < 1.29 is 20.4 Å². The zero-order valence-electron chi connectivity index (χ0n) is 18.2. The summed E-state index contributed by atoms with van der Waals surface area (Å²) in [5.41, 5.74) is -0.574. The fraction of sp³-hybridized carbons (Fsp3) is 0.920. The zero-order chi connectivity index (χ0) is 20.6. The molecule has 5 saturated carbocycles. The lowest BCUT2D eigenvalue weighted by Gasteiger charge is -2.64. The maximum Gasteiger partial charge on any atom is 0.0943 e. The SMILES string of the molecule is CC12C[C@H]1C1C3C(CC[C@]1(C)[C@]2(O)CCCO)[C@@]1(C)CC[C@H](O)C[C@@]1(O)C1=C[C@@H]13. The number of hydrogen-bond acceptors (Lipinski definition) is 4. The van der Waals surface area contributed by atoms with E-state index < -0.39 is 11.2 Å². The highest BCUT2D eigenvalue weighted by Gasteiger charge is 2.83. The Balaban J connectivity index is 1.41. The minimum Gasteiger partial charge on any atom is -0.396 e. The first-order valence-electron chi connectivity index (χ1n) is 12.0. The predicted molar refractivity (Wildman–Crippen MR) is 110 cm³/mol. The van der Waals surface area contributed by atoms with Crippen molar-refractivity contribution >= 4 is 0 Å². The van der Waals surface area contributed by atoms with Crippen LogP contribution in [0.5, 0.6) is 0 Å². The standard InChI is InChI=1S/C25H38O4/c1-21-8-5-14(27)12-24(21,28)17-11-15(17)19-16(21)6-9-22(2)20(19)18-13-23(18,3)25(22,29)7-4-10-26/h11,14-16,18-20,26-29H,4-10,12-13H2,1-3H3/t14-,15-,16?,18-,19?,20?,21+,22-,23?,24+,25+/m0/s1. The van der Waals surface area contributed by atoms with Crippen molar-refractivity contribution in [2.75, 3.05) is 6.61 Å². The average molecular weight is 403 g/mol. The molecule has 4 unspecified atom stereocenters. The fourth-order valence-corrected chi connectivity index (χ4v) is 10.0. The molecular weight excluding hydrogens is 364 g/mol. The molecule has 162 valence electrons. The molecule has 6 aliphatic carbocycles. The van der Waals surface area contributed by atoms with E-state index in [0.717, 1.165) is 32.1 Å². The summed E-state index contributed by atoms with van der Waals surface area (Å²) >= 11 is 0. The van der Waals surface area contributed by atoms with E-state index in [4.69, 9.17) is 0 Å². The molecule has 0 spiro atoms. The first-order valence-corrected chi connectivity index (χ1v) is 12.0. The zero-order valence-corrected chi connectivity index (χ0v) is 18.2. The van der Waals surface area contributed by atoms with Gasteiger partial charge in [0, 0.05) is 35.2 Å². The molecular formula is C25H38O4. The first kappa shape index (κ1) is 19.3. The molecule has 4 nitrogen and oxygen atoms in total. The molecule has 6 rings (SSSR count). The van der Waals surface area contributed by atoms with Crippen molar-refractivity contribution in [3.8, 4) is 0 Å². The van der Waals surface area contributed by atoms with Crippen molar-refractivity contribution in [2.45, 2.75) is 89.4 Å². The van der Waals surface area contributed by atoms with Crippen molar-refractivity contribution in [3.05, 3.63) is 11.6 Å². The van der Waals surface area contributed by atoms with Gasteiger partial charge in [-0.3, -0.25) is 0 Å². The van der Waals surface area contributed by atoms with E-state index in [0.29, 0.717) is 48.9 Å². The highest BCUT2D eigenvalue weighted by molar-refractivity contribution is 5.47. The fourth-order valence-electron chi connectivity index (χ4n) is 10.0. The highest BCUT2D eigenvalue weighted by atomic mass is 16.3. The van der Waals surface area contributed by atoms with E-state index in [1.54, 1.807) is 0 Å². The summed E-state index contributed by atoms with van der Waals surface area (Å²) in [6.07, 6.45) is 8.70. The van der Waals surface area contributed by atoms with E-state index in [2.05, 4.69) is 26.8 Å². The minimum atomic E-state index is -0.830. The van der Waals surface area contributed by atoms with Crippen molar-refractivity contribution in [1.82, 2.24) is 0 Å².